The zero-order chi connectivity index (χ0) is 14.8. The summed E-state index contributed by atoms with van der Waals surface area (Å²) in [7, 11) is 0. The van der Waals surface area contributed by atoms with Gasteiger partial charge in [-0.15, -0.1) is 5.06 Å². The Balaban J connectivity index is 1.71. The number of hydrogen-bond donors (Lipinski definition) is 1. The van der Waals surface area contributed by atoms with E-state index in [9.17, 15) is 14.4 Å². The van der Waals surface area contributed by atoms with E-state index < -0.39 is 17.9 Å². The normalized spacial score (nSPS) is 14.6. The molecule has 1 aliphatic heterocycles. The van der Waals surface area contributed by atoms with E-state index in [-0.39, 0.29) is 12.8 Å². The maximum absolute atomic E-state index is 11.7. The van der Waals surface area contributed by atoms with Crippen molar-refractivity contribution in [3.05, 3.63) is 36.5 Å². The fourth-order valence-corrected chi connectivity index (χ4v) is 2.02. The number of rotatable bonds is 2. The van der Waals surface area contributed by atoms with Gasteiger partial charge >= 0.3 is 6.09 Å². The van der Waals surface area contributed by atoms with Crippen molar-refractivity contribution in [3.8, 4) is 0 Å². The van der Waals surface area contributed by atoms with Crippen LogP contribution in [0, 0.1) is 0 Å². The molecule has 3 amide bonds. The van der Waals surface area contributed by atoms with E-state index in [4.69, 9.17) is 4.84 Å². The quantitative estimate of drug-likeness (QED) is 0.850. The summed E-state index contributed by atoms with van der Waals surface area (Å²) in [6, 6.07) is 9.14. The van der Waals surface area contributed by atoms with Crippen molar-refractivity contribution in [1.82, 2.24) is 10.0 Å². The van der Waals surface area contributed by atoms with Gasteiger partial charge in [-0.05, 0) is 12.1 Å². The van der Waals surface area contributed by atoms with Crippen molar-refractivity contribution < 1.29 is 19.2 Å². The van der Waals surface area contributed by atoms with Crippen molar-refractivity contribution in [2.45, 2.75) is 12.8 Å². The third-order valence-electron chi connectivity index (χ3n) is 3.02. The Labute approximate surface area is 119 Å². The summed E-state index contributed by atoms with van der Waals surface area (Å²) in [4.78, 5) is 43.2. The fourth-order valence-electron chi connectivity index (χ4n) is 2.02. The maximum atomic E-state index is 11.7. The second-order valence-electron chi connectivity index (χ2n) is 4.50. The van der Waals surface area contributed by atoms with E-state index in [1.165, 1.54) is 6.20 Å². The first-order valence-electron chi connectivity index (χ1n) is 6.33. The van der Waals surface area contributed by atoms with Gasteiger partial charge in [0.1, 0.15) is 0 Å². The van der Waals surface area contributed by atoms with Crippen molar-refractivity contribution in [2.24, 2.45) is 0 Å². The number of para-hydroxylation sites is 1. The molecule has 0 bridgehead atoms. The molecule has 1 saturated heterocycles. The molecular weight excluding hydrogens is 274 g/mol. The van der Waals surface area contributed by atoms with Crippen molar-refractivity contribution >= 4 is 34.5 Å². The molecule has 1 fully saturated rings. The topological polar surface area (TPSA) is 88.6 Å². The molecule has 0 aliphatic carbocycles. The van der Waals surface area contributed by atoms with Crippen molar-refractivity contribution in [2.75, 3.05) is 5.32 Å². The Hall–Kier alpha value is -2.96. The molecule has 2 heterocycles. The molecule has 106 valence electrons. The van der Waals surface area contributed by atoms with E-state index in [2.05, 4.69) is 10.3 Å². The molecule has 2 aromatic rings. The highest BCUT2D eigenvalue weighted by Crippen LogP contribution is 2.17. The van der Waals surface area contributed by atoms with Crippen LogP contribution in [0.5, 0.6) is 0 Å². The predicted molar refractivity (Wildman–Crippen MR) is 72.9 cm³/mol. The van der Waals surface area contributed by atoms with Gasteiger partial charge < -0.3 is 4.84 Å². The average Bonchev–Trinajstić information content (AvgIpc) is 2.79. The van der Waals surface area contributed by atoms with Gasteiger partial charge in [0.2, 0.25) is 0 Å². The highest BCUT2D eigenvalue weighted by molar-refractivity contribution is 6.02. The number of nitrogens with one attached hydrogen (secondary N) is 1. The summed E-state index contributed by atoms with van der Waals surface area (Å²) in [6.45, 7) is 0. The van der Waals surface area contributed by atoms with Gasteiger partial charge in [-0.25, -0.2) is 4.79 Å². The maximum Gasteiger partial charge on any atom is 0.436 e. The Morgan fingerprint density at radius 2 is 1.90 bits per heavy atom. The molecular formula is C14H11N3O4. The van der Waals surface area contributed by atoms with Crippen LogP contribution in [-0.4, -0.2) is 28.0 Å². The van der Waals surface area contributed by atoms with Crippen LogP contribution in [0.1, 0.15) is 12.8 Å². The van der Waals surface area contributed by atoms with Crippen LogP contribution in [0.25, 0.3) is 10.9 Å². The number of carbonyl (C=O) groups is 3. The molecule has 0 spiro atoms. The number of imide groups is 1. The largest absolute Gasteiger partial charge is 0.436 e. The lowest BCUT2D eigenvalue weighted by Crippen LogP contribution is -2.33. The Bertz CT molecular complexity index is 728. The third-order valence-corrected chi connectivity index (χ3v) is 3.02. The summed E-state index contributed by atoms with van der Waals surface area (Å²) in [5, 5.41) is 3.77. The standard InChI is InChI=1S/C14H11N3O4/c18-12-5-6-13(19)17(12)21-14(20)16-10-7-9-3-1-2-4-11(9)15-8-10/h1-4,7-8H,5-6H2,(H,16,20). The number of hydroxylamine groups is 2. The van der Waals surface area contributed by atoms with Crippen LogP contribution in [0.3, 0.4) is 0 Å². The highest BCUT2D eigenvalue weighted by atomic mass is 16.7. The lowest BCUT2D eigenvalue weighted by atomic mass is 10.2. The van der Waals surface area contributed by atoms with E-state index in [0.717, 1.165) is 10.9 Å². The first-order valence-corrected chi connectivity index (χ1v) is 6.33. The van der Waals surface area contributed by atoms with Crippen molar-refractivity contribution in [3.63, 3.8) is 0 Å². The van der Waals surface area contributed by atoms with E-state index in [1.807, 2.05) is 24.3 Å². The molecule has 0 saturated carbocycles. The van der Waals surface area contributed by atoms with Gasteiger partial charge in [0, 0.05) is 18.2 Å². The molecule has 1 aromatic heterocycles. The Kier molecular flexibility index (Phi) is 3.23. The summed E-state index contributed by atoms with van der Waals surface area (Å²) in [5.74, 6) is -1.04. The zero-order valence-electron chi connectivity index (χ0n) is 10.9. The zero-order valence-corrected chi connectivity index (χ0v) is 10.9. The average molecular weight is 285 g/mol. The Morgan fingerprint density at radius 1 is 1.19 bits per heavy atom. The SMILES string of the molecule is O=C(Nc1cnc2ccccc2c1)ON1C(=O)CCC1=O. The van der Waals surface area contributed by atoms with Crippen LogP contribution >= 0.6 is 0 Å². The second-order valence-corrected chi connectivity index (χ2v) is 4.50. The number of hydrogen-bond acceptors (Lipinski definition) is 5. The van der Waals surface area contributed by atoms with Gasteiger partial charge in [-0.2, -0.15) is 0 Å². The van der Waals surface area contributed by atoms with Gasteiger partial charge in [-0.1, -0.05) is 18.2 Å². The van der Waals surface area contributed by atoms with Gasteiger partial charge in [0.25, 0.3) is 11.8 Å². The molecule has 1 aliphatic rings. The Morgan fingerprint density at radius 3 is 2.67 bits per heavy atom. The number of aromatic nitrogens is 1. The summed E-state index contributed by atoms with van der Waals surface area (Å²) >= 11 is 0. The number of nitrogens with zero attached hydrogens (tertiary/aromatic N) is 2. The van der Waals surface area contributed by atoms with E-state index >= 15 is 0 Å². The summed E-state index contributed by atoms with van der Waals surface area (Å²) < 4.78 is 0. The smallest absolute Gasteiger partial charge is 0.311 e. The van der Waals surface area contributed by atoms with Crippen LogP contribution in [0.2, 0.25) is 0 Å². The van der Waals surface area contributed by atoms with Gasteiger partial charge in [0.15, 0.2) is 0 Å². The monoisotopic (exact) mass is 285 g/mol. The van der Waals surface area contributed by atoms with Gasteiger partial charge in [0.05, 0.1) is 17.4 Å². The first-order chi connectivity index (χ1) is 10.1. The molecule has 7 nitrogen and oxygen atoms in total. The second kappa shape index (κ2) is 5.20. The number of pyridine rings is 1. The van der Waals surface area contributed by atoms with Crippen LogP contribution in [0.4, 0.5) is 10.5 Å². The molecule has 0 unspecified atom stereocenters. The number of carbonyl (C=O) groups excluding carboxylic acids is 3. The lowest BCUT2D eigenvalue weighted by Gasteiger charge is -2.13. The fraction of sp³-hybridized carbons (Fsp3) is 0.143. The summed E-state index contributed by atoms with van der Waals surface area (Å²) in [6.07, 6.45) is 0.681. The van der Waals surface area contributed by atoms with Gasteiger partial charge in [-0.3, -0.25) is 19.9 Å². The molecule has 1 aromatic carbocycles. The molecule has 7 heteroatoms. The molecule has 0 radical (unpaired) electrons. The highest BCUT2D eigenvalue weighted by Gasteiger charge is 2.32. The molecule has 0 atom stereocenters. The van der Waals surface area contributed by atoms with Crippen LogP contribution in [0.15, 0.2) is 36.5 Å². The first kappa shape index (κ1) is 13.0. The number of fused-ring (bicyclic) bond motifs is 1. The minimum Gasteiger partial charge on any atom is -0.311 e. The molecule has 3 rings (SSSR count). The minimum atomic E-state index is -0.907. The van der Waals surface area contributed by atoms with Crippen LogP contribution in [-0.2, 0) is 14.4 Å². The number of anilines is 1. The third kappa shape index (κ3) is 2.66. The number of benzene rings is 1. The minimum absolute atomic E-state index is 0.0592. The molecule has 21 heavy (non-hydrogen) atoms. The lowest BCUT2D eigenvalue weighted by molar-refractivity contribution is -0.170. The summed E-state index contributed by atoms with van der Waals surface area (Å²) in [5.41, 5.74) is 1.21. The van der Waals surface area contributed by atoms with E-state index in [1.54, 1.807) is 6.07 Å². The van der Waals surface area contributed by atoms with Crippen LogP contribution < -0.4 is 5.32 Å². The van der Waals surface area contributed by atoms with Crippen molar-refractivity contribution in [1.29, 1.82) is 0 Å². The number of amides is 3. The van der Waals surface area contributed by atoms with E-state index in [0.29, 0.717) is 10.8 Å². The molecule has 1 N–H and O–H groups in total. The predicted octanol–water partition coefficient (Wildman–Crippen LogP) is 1.85.